The van der Waals surface area contributed by atoms with Crippen molar-refractivity contribution in [3.05, 3.63) is 66.5 Å². The fraction of sp³-hybridized carbons (Fsp3) is 0.263. The van der Waals surface area contributed by atoms with Crippen molar-refractivity contribution in [2.75, 3.05) is 0 Å². The number of hydrogen-bond donors (Lipinski definition) is 2. The van der Waals surface area contributed by atoms with E-state index < -0.39 is 0 Å². The highest BCUT2D eigenvalue weighted by Gasteiger charge is 2.07. The summed E-state index contributed by atoms with van der Waals surface area (Å²) in [7, 11) is 0. The van der Waals surface area contributed by atoms with Crippen LogP contribution in [0, 0.1) is 0 Å². The van der Waals surface area contributed by atoms with Crippen LogP contribution in [0.5, 0.6) is 5.88 Å². The molecule has 0 radical (unpaired) electrons. The van der Waals surface area contributed by atoms with Gasteiger partial charge in [0, 0.05) is 49.5 Å². The van der Waals surface area contributed by atoms with Crippen molar-refractivity contribution in [3.8, 4) is 11.7 Å². The lowest BCUT2D eigenvalue weighted by atomic mass is 10.2. The van der Waals surface area contributed by atoms with E-state index in [-0.39, 0.29) is 12.1 Å². The quantitative estimate of drug-likeness (QED) is 0.670. The second kappa shape index (κ2) is 8.79. The molecular formula is C19H22N6O2. The Kier molecular flexibility index (Phi) is 5.98. The number of carbonyl (C=O) groups excluding carboxylic acids is 1. The van der Waals surface area contributed by atoms with Gasteiger partial charge in [-0.2, -0.15) is 0 Å². The van der Waals surface area contributed by atoms with Gasteiger partial charge in [0.25, 0.3) is 0 Å². The van der Waals surface area contributed by atoms with Gasteiger partial charge in [0.2, 0.25) is 5.88 Å². The first-order valence-electron chi connectivity index (χ1n) is 8.67. The van der Waals surface area contributed by atoms with Crippen molar-refractivity contribution in [3.63, 3.8) is 0 Å². The predicted molar refractivity (Wildman–Crippen MR) is 100 cm³/mol. The smallest absolute Gasteiger partial charge is 0.315 e. The van der Waals surface area contributed by atoms with E-state index in [1.807, 2.05) is 38.2 Å². The molecule has 3 aromatic rings. The van der Waals surface area contributed by atoms with Crippen LogP contribution < -0.4 is 15.4 Å². The minimum Gasteiger partial charge on any atom is -0.475 e. The van der Waals surface area contributed by atoms with E-state index >= 15 is 0 Å². The molecule has 27 heavy (non-hydrogen) atoms. The van der Waals surface area contributed by atoms with Crippen LogP contribution in [0.3, 0.4) is 0 Å². The maximum absolute atomic E-state index is 12.1. The number of nitrogens with zero attached hydrogens (tertiary/aromatic N) is 4. The first kappa shape index (κ1) is 18.4. The van der Waals surface area contributed by atoms with E-state index in [0.29, 0.717) is 19.0 Å². The highest BCUT2D eigenvalue weighted by atomic mass is 16.5. The fourth-order valence-corrected chi connectivity index (χ4v) is 2.43. The van der Waals surface area contributed by atoms with Gasteiger partial charge in [-0.1, -0.05) is 12.1 Å². The molecule has 0 aromatic carbocycles. The Balaban J connectivity index is 1.51. The second-order valence-corrected chi connectivity index (χ2v) is 6.16. The van der Waals surface area contributed by atoms with Gasteiger partial charge in [-0.3, -0.25) is 4.57 Å². The molecule has 8 nitrogen and oxygen atoms in total. The lowest BCUT2D eigenvalue weighted by molar-refractivity contribution is 0.232. The van der Waals surface area contributed by atoms with Gasteiger partial charge in [0.15, 0.2) is 0 Å². The highest BCUT2D eigenvalue weighted by Crippen LogP contribution is 2.11. The summed E-state index contributed by atoms with van der Waals surface area (Å²) in [5.41, 5.74) is 1.78. The maximum atomic E-state index is 12.1. The number of hydrogen-bond acceptors (Lipinski definition) is 5. The van der Waals surface area contributed by atoms with Crippen LogP contribution in [0.1, 0.15) is 25.0 Å². The second-order valence-electron chi connectivity index (χ2n) is 6.16. The molecule has 0 atom stereocenters. The molecule has 140 valence electrons. The number of ether oxygens (including phenoxy) is 1. The van der Waals surface area contributed by atoms with Crippen molar-refractivity contribution < 1.29 is 9.53 Å². The highest BCUT2D eigenvalue weighted by molar-refractivity contribution is 5.73. The fourth-order valence-electron chi connectivity index (χ4n) is 2.43. The van der Waals surface area contributed by atoms with Crippen LogP contribution in [0.4, 0.5) is 4.79 Å². The van der Waals surface area contributed by atoms with E-state index in [1.54, 1.807) is 35.6 Å². The van der Waals surface area contributed by atoms with Crippen LogP contribution in [0.25, 0.3) is 5.82 Å². The van der Waals surface area contributed by atoms with Crippen molar-refractivity contribution >= 4 is 6.03 Å². The van der Waals surface area contributed by atoms with Gasteiger partial charge in [0.05, 0.1) is 6.10 Å². The first-order chi connectivity index (χ1) is 13.1. The Hall–Kier alpha value is -3.42. The van der Waals surface area contributed by atoms with E-state index in [1.165, 1.54) is 0 Å². The van der Waals surface area contributed by atoms with E-state index in [9.17, 15) is 4.79 Å². The zero-order valence-electron chi connectivity index (χ0n) is 15.3. The van der Waals surface area contributed by atoms with E-state index in [4.69, 9.17) is 4.74 Å². The zero-order valence-corrected chi connectivity index (χ0v) is 15.3. The number of carbonyl (C=O) groups is 1. The topological polar surface area (TPSA) is 94.0 Å². The standard InChI is InChI=1S/C19H22N6O2/c1-14(2)27-17-6-5-15(10-22-17)11-23-19(26)24-12-16-4-3-7-21-18(16)25-9-8-20-13-25/h3-10,13-14H,11-12H2,1-2H3,(H2,23,24,26). The molecule has 0 fully saturated rings. The van der Waals surface area contributed by atoms with Crippen LogP contribution in [0.15, 0.2) is 55.4 Å². The summed E-state index contributed by atoms with van der Waals surface area (Å²) in [5, 5.41) is 5.65. The molecule has 0 spiro atoms. The van der Waals surface area contributed by atoms with Gasteiger partial charge in [0.1, 0.15) is 12.1 Å². The number of nitrogens with one attached hydrogen (secondary N) is 2. The average molecular weight is 366 g/mol. The molecule has 0 aliphatic heterocycles. The van der Waals surface area contributed by atoms with Crippen LogP contribution in [0.2, 0.25) is 0 Å². The number of rotatable bonds is 7. The lowest BCUT2D eigenvalue weighted by Gasteiger charge is -2.11. The SMILES string of the molecule is CC(C)Oc1ccc(CNC(=O)NCc2cccnc2-n2ccnc2)cn1. The van der Waals surface area contributed by atoms with Crippen molar-refractivity contribution in [1.82, 2.24) is 30.2 Å². The summed E-state index contributed by atoms with van der Waals surface area (Å²) in [6.45, 7) is 4.62. The van der Waals surface area contributed by atoms with Gasteiger partial charge in [-0.05, 0) is 25.5 Å². The monoisotopic (exact) mass is 366 g/mol. The zero-order chi connectivity index (χ0) is 19.1. The summed E-state index contributed by atoms with van der Waals surface area (Å²) in [4.78, 5) is 24.7. The average Bonchev–Trinajstić information content (AvgIpc) is 3.20. The summed E-state index contributed by atoms with van der Waals surface area (Å²) in [6, 6.07) is 7.16. The molecule has 0 unspecified atom stereocenters. The molecule has 3 rings (SSSR count). The number of amides is 2. The Morgan fingerprint density at radius 2 is 2.00 bits per heavy atom. The Labute approximate surface area is 157 Å². The largest absolute Gasteiger partial charge is 0.475 e. The third kappa shape index (κ3) is 5.27. The van der Waals surface area contributed by atoms with E-state index in [0.717, 1.165) is 16.9 Å². The summed E-state index contributed by atoms with van der Waals surface area (Å²) in [5.74, 6) is 1.31. The number of aromatic nitrogens is 4. The summed E-state index contributed by atoms with van der Waals surface area (Å²) in [6.07, 6.45) is 8.64. The molecule has 8 heteroatoms. The first-order valence-corrected chi connectivity index (χ1v) is 8.67. The van der Waals surface area contributed by atoms with Gasteiger partial charge >= 0.3 is 6.03 Å². The molecule has 0 saturated carbocycles. The lowest BCUT2D eigenvalue weighted by Crippen LogP contribution is -2.34. The molecule has 0 aliphatic rings. The predicted octanol–water partition coefficient (Wildman–Crippen LogP) is 2.45. The normalized spacial score (nSPS) is 10.6. The Bertz CT molecular complexity index is 862. The summed E-state index contributed by atoms with van der Waals surface area (Å²) < 4.78 is 7.31. The Morgan fingerprint density at radius 3 is 2.70 bits per heavy atom. The molecule has 2 N–H and O–H groups in total. The molecule has 3 aromatic heterocycles. The van der Waals surface area contributed by atoms with Gasteiger partial charge in [-0.25, -0.2) is 19.7 Å². The molecular weight excluding hydrogens is 344 g/mol. The van der Waals surface area contributed by atoms with Crippen LogP contribution in [-0.4, -0.2) is 31.7 Å². The van der Waals surface area contributed by atoms with Gasteiger partial charge < -0.3 is 15.4 Å². The number of imidazole rings is 1. The molecule has 0 saturated heterocycles. The third-order valence-electron chi connectivity index (χ3n) is 3.66. The molecule has 2 amide bonds. The van der Waals surface area contributed by atoms with Crippen LogP contribution >= 0.6 is 0 Å². The van der Waals surface area contributed by atoms with Crippen LogP contribution in [-0.2, 0) is 13.1 Å². The molecule has 3 heterocycles. The number of urea groups is 1. The number of pyridine rings is 2. The Morgan fingerprint density at radius 1 is 1.15 bits per heavy atom. The van der Waals surface area contributed by atoms with Gasteiger partial charge in [-0.15, -0.1) is 0 Å². The molecule has 0 aliphatic carbocycles. The van der Waals surface area contributed by atoms with Crippen molar-refractivity contribution in [2.45, 2.75) is 33.0 Å². The van der Waals surface area contributed by atoms with Crippen molar-refractivity contribution in [2.24, 2.45) is 0 Å². The third-order valence-corrected chi connectivity index (χ3v) is 3.66. The molecule has 0 bridgehead atoms. The summed E-state index contributed by atoms with van der Waals surface area (Å²) >= 11 is 0. The van der Waals surface area contributed by atoms with Crippen molar-refractivity contribution in [1.29, 1.82) is 0 Å². The minimum atomic E-state index is -0.266. The minimum absolute atomic E-state index is 0.0759. The van der Waals surface area contributed by atoms with E-state index in [2.05, 4.69) is 25.6 Å². The maximum Gasteiger partial charge on any atom is 0.315 e.